The van der Waals surface area contributed by atoms with E-state index in [1.54, 1.807) is 23.6 Å². The van der Waals surface area contributed by atoms with E-state index in [1.165, 1.54) is 35.7 Å². The maximum absolute atomic E-state index is 13.2. The number of hydrogen-bond donors (Lipinski definition) is 2. The second-order valence-corrected chi connectivity index (χ2v) is 8.95. The average Bonchev–Trinajstić information content (AvgIpc) is 3.05. The smallest absolute Gasteiger partial charge is 0.232 e. The molecule has 0 saturated carbocycles. The Morgan fingerprint density at radius 2 is 2.07 bits per heavy atom. The van der Waals surface area contributed by atoms with Crippen LogP contribution in [0.15, 0.2) is 48.0 Å². The van der Waals surface area contributed by atoms with E-state index in [2.05, 4.69) is 5.32 Å². The van der Waals surface area contributed by atoms with Crippen molar-refractivity contribution in [3.8, 4) is 0 Å². The molecule has 2 aromatic carbocycles. The lowest BCUT2D eigenvalue weighted by Crippen LogP contribution is -2.26. The maximum atomic E-state index is 13.2. The molecule has 3 aromatic rings. The highest BCUT2D eigenvalue weighted by atomic mass is 35.5. The number of hydrogen-bond acceptors (Lipinski definition) is 3. The zero-order valence-corrected chi connectivity index (χ0v) is 17.6. The Labute approximate surface area is 175 Å². The van der Waals surface area contributed by atoms with Gasteiger partial charge in [0.05, 0.1) is 10.9 Å². The molecule has 0 aliphatic heterocycles. The maximum Gasteiger partial charge on any atom is 0.232 e. The summed E-state index contributed by atoms with van der Waals surface area (Å²) in [6, 6.07) is 9.52. The molecule has 28 heavy (non-hydrogen) atoms. The lowest BCUT2D eigenvalue weighted by molar-refractivity contribution is -0.121. The van der Waals surface area contributed by atoms with Gasteiger partial charge in [-0.15, -0.1) is 11.3 Å². The van der Waals surface area contributed by atoms with Gasteiger partial charge in [0, 0.05) is 22.1 Å². The van der Waals surface area contributed by atoms with Crippen molar-refractivity contribution in [1.82, 2.24) is 5.32 Å². The minimum absolute atomic E-state index is 0.0214. The third-order valence-electron chi connectivity index (χ3n) is 4.08. The molecule has 9 heteroatoms. The summed E-state index contributed by atoms with van der Waals surface area (Å²) in [5.41, 5.74) is 1.26. The average molecular weight is 458 g/mol. The highest BCUT2D eigenvalue weighted by Gasteiger charge is 2.25. The molecular weight excluding hydrogens is 443 g/mol. The van der Waals surface area contributed by atoms with Gasteiger partial charge in [0.1, 0.15) is 5.82 Å². The van der Waals surface area contributed by atoms with E-state index in [-0.39, 0.29) is 11.2 Å². The first-order valence-electron chi connectivity index (χ1n) is 8.15. The normalized spacial score (nSPS) is 13.7. The fourth-order valence-electron chi connectivity index (χ4n) is 2.75. The monoisotopic (exact) mass is 457 g/mol. The van der Waals surface area contributed by atoms with Crippen LogP contribution in [0, 0.1) is 5.82 Å². The largest absolute Gasteiger partial charge is 0.346 e. The second kappa shape index (κ2) is 9.21. The highest BCUT2D eigenvalue weighted by Crippen LogP contribution is 2.36. The molecule has 0 aliphatic carbocycles. The minimum Gasteiger partial charge on any atom is -0.346 e. The first kappa shape index (κ1) is 21.0. The second-order valence-electron chi connectivity index (χ2n) is 6.00. The molecule has 0 saturated heterocycles. The number of amides is 1. The Morgan fingerprint density at radius 3 is 2.79 bits per heavy atom. The summed E-state index contributed by atoms with van der Waals surface area (Å²) in [7, 11) is -2.89. The molecule has 4 nitrogen and oxygen atoms in total. The molecule has 1 aromatic heterocycles. The Kier molecular flexibility index (Phi) is 6.91. The van der Waals surface area contributed by atoms with E-state index >= 15 is 0 Å². The Bertz CT molecular complexity index is 1090. The zero-order chi connectivity index (χ0) is 20.3. The number of carbonyl (C=O) groups excluding carboxylic acids is 1. The molecule has 2 unspecified atom stereocenters. The first-order valence-corrected chi connectivity index (χ1v) is 11.4. The van der Waals surface area contributed by atoms with Gasteiger partial charge in [0.25, 0.3) is 0 Å². The quantitative estimate of drug-likeness (QED) is 0.467. The molecular formula is C19H15Cl2FNO3PS. The van der Waals surface area contributed by atoms with Gasteiger partial charge in [-0.25, -0.2) is 4.39 Å². The number of benzene rings is 2. The van der Waals surface area contributed by atoms with Gasteiger partial charge in [0.15, 0.2) is 8.03 Å². The number of rotatable bonds is 6. The molecule has 0 aliphatic rings. The summed E-state index contributed by atoms with van der Waals surface area (Å²) in [5.74, 6) is -1.75. The lowest BCUT2D eigenvalue weighted by Gasteiger charge is -2.14. The van der Waals surface area contributed by atoms with E-state index < -0.39 is 25.7 Å². The zero-order valence-electron chi connectivity index (χ0n) is 14.3. The van der Waals surface area contributed by atoms with E-state index in [9.17, 15) is 18.6 Å². The summed E-state index contributed by atoms with van der Waals surface area (Å²) in [6.45, 7) is 0. The summed E-state index contributed by atoms with van der Waals surface area (Å²) < 4.78 is 25.6. The molecule has 146 valence electrons. The lowest BCUT2D eigenvalue weighted by atomic mass is 9.99. The molecule has 2 atom stereocenters. The molecule has 2 N–H and O–H groups in total. The summed E-state index contributed by atoms with van der Waals surface area (Å²) in [5, 5.41) is 5.71. The molecule has 0 spiro atoms. The number of halogens is 3. The van der Waals surface area contributed by atoms with Crippen molar-refractivity contribution in [3.63, 3.8) is 0 Å². The van der Waals surface area contributed by atoms with Gasteiger partial charge in [-0.05, 0) is 58.3 Å². The van der Waals surface area contributed by atoms with Crippen LogP contribution < -0.4 is 5.32 Å². The van der Waals surface area contributed by atoms with Gasteiger partial charge in [-0.3, -0.25) is 9.36 Å². The molecule has 0 fully saturated rings. The fourth-order valence-corrected chi connectivity index (χ4v) is 4.86. The first-order chi connectivity index (χ1) is 13.3. The summed E-state index contributed by atoms with van der Waals surface area (Å²) >= 11 is 13.2. The van der Waals surface area contributed by atoms with Crippen LogP contribution in [0.5, 0.6) is 0 Å². The van der Waals surface area contributed by atoms with Gasteiger partial charge in [-0.1, -0.05) is 29.3 Å². The van der Waals surface area contributed by atoms with Gasteiger partial charge < -0.3 is 10.2 Å². The number of carbonyl (C=O) groups is 1. The third-order valence-corrected chi connectivity index (χ3v) is 6.35. The highest BCUT2D eigenvalue weighted by molar-refractivity contribution is 7.38. The number of fused-ring (bicyclic) bond motifs is 1. The van der Waals surface area contributed by atoms with Crippen molar-refractivity contribution in [2.24, 2.45) is 0 Å². The van der Waals surface area contributed by atoms with Crippen molar-refractivity contribution in [3.05, 3.63) is 75.0 Å². The van der Waals surface area contributed by atoms with Crippen LogP contribution in [0.1, 0.15) is 17.0 Å². The van der Waals surface area contributed by atoms with Crippen molar-refractivity contribution in [2.75, 3.05) is 6.16 Å². The number of thiophene rings is 1. The van der Waals surface area contributed by atoms with Crippen LogP contribution in [0.4, 0.5) is 4.39 Å². The van der Waals surface area contributed by atoms with E-state index in [0.717, 1.165) is 10.1 Å². The predicted octanol–water partition coefficient (Wildman–Crippen LogP) is 5.68. The van der Waals surface area contributed by atoms with Crippen molar-refractivity contribution < 1.29 is 18.6 Å². The van der Waals surface area contributed by atoms with Crippen LogP contribution >= 0.6 is 42.6 Å². The van der Waals surface area contributed by atoms with Crippen LogP contribution in [0.25, 0.3) is 16.2 Å². The van der Waals surface area contributed by atoms with Gasteiger partial charge in [-0.2, -0.15) is 0 Å². The molecule has 0 radical (unpaired) electrons. The SMILES string of the molecule is O=C(N/C=C/c1ccc(F)c(Cl)c1)C(C[PH](=O)O)c1csc2ccc(Cl)cc12. The topological polar surface area (TPSA) is 66.4 Å². The summed E-state index contributed by atoms with van der Waals surface area (Å²) in [6.07, 6.45) is 2.78. The van der Waals surface area contributed by atoms with Crippen LogP contribution in [0.3, 0.4) is 0 Å². The molecule has 1 amide bonds. The van der Waals surface area contributed by atoms with Crippen LogP contribution in [-0.2, 0) is 9.36 Å². The molecule has 0 bridgehead atoms. The van der Waals surface area contributed by atoms with Crippen molar-refractivity contribution in [2.45, 2.75) is 5.92 Å². The Balaban J connectivity index is 1.83. The third kappa shape index (κ3) is 5.02. The Morgan fingerprint density at radius 1 is 1.29 bits per heavy atom. The standard InChI is InChI=1S/C19H15Cl2FNO3PS/c20-12-2-4-18-13(8-12)15(10-28-18)14(9-27(25)26)19(24)23-6-5-11-1-3-17(22)16(21)7-11/h1-8,10,14,27H,9H2,(H,23,24)(H,25,26)/b6-5+. The van der Waals surface area contributed by atoms with Crippen LogP contribution in [-0.4, -0.2) is 17.0 Å². The number of nitrogens with one attached hydrogen (secondary N) is 1. The van der Waals surface area contributed by atoms with E-state index in [1.807, 2.05) is 6.07 Å². The van der Waals surface area contributed by atoms with Crippen LogP contribution in [0.2, 0.25) is 10.0 Å². The molecule has 3 rings (SSSR count). The summed E-state index contributed by atoms with van der Waals surface area (Å²) in [4.78, 5) is 22.1. The van der Waals surface area contributed by atoms with Gasteiger partial charge in [0.2, 0.25) is 5.91 Å². The molecule has 1 heterocycles. The fraction of sp³-hybridized carbons (Fsp3) is 0.105. The van der Waals surface area contributed by atoms with Gasteiger partial charge >= 0.3 is 0 Å². The minimum atomic E-state index is -2.89. The van der Waals surface area contributed by atoms with E-state index in [0.29, 0.717) is 16.1 Å². The predicted molar refractivity (Wildman–Crippen MR) is 114 cm³/mol. The Hall–Kier alpha value is -1.69. The van der Waals surface area contributed by atoms with E-state index in [4.69, 9.17) is 23.2 Å². The van der Waals surface area contributed by atoms with Crippen molar-refractivity contribution >= 4 is 64.6 Å². The van der Waals surface area contributed by atoms with Crippen molar-refractivity contribution in [1.29, 1.82) is 0 Å².